The third-order valence-electron chi connectivity index (χ3n) is 3.27. The van der Waals surface area contributed by atoms with Gasteiger partial charge in [-0.25, -0.2) is 0 Å². The molecule has 0 aromatic heterocycles. The van der Waals surface area contributed by atoms with Crippen LogP contribution in [0, 0.1) is 11.8 Å². The molecule has 4 atom stereocenters. The summed E-state index contributed by atoms with van der Waals surface area (Å²) in [5.41, 5.74) is 0.764. The van der Waals surface area contributed by atoms with E-state index in [9.17, 15) is 0 Å². The van der Waals surface area contributed by atoms with E-state index in [1.165, 1.54) is 6.42 Å². The maximum absolute atomic E-state index is 3.51. The average Bonchev–Trinajstić information content (AvgIpc) is 2.26. The molecular weight excluding hydrogens is 86.1 g/mol. The highest BCUT2D eigenvalue weighted by atomic mass is 15.3. The van der Waals surface area contributed by atoms with Gasteiger partial charge >= 0.3 is 0 Å². The number of rotatable bonds is 0. The van der Waals surface area contributed by atoms with Gasteiger partial charge in [-0.2, -0.15) is 0 Å². The smallest absolute Gasteiger partial charge is 0.0399 e. The van der Waals surface area contributed by atoms with Gasteiger partial charge in [-0.15, -0.1) is 0 Å². The van der Waals surface area contributed by atoms with Crippen molar-refractivity contribution in [3.8, 4) is 0 Å². The molecule has 1 nitrogen and oxygen atoms in total. The third kappa shape index (κ3) is 0.129. The highest BCUT2D eigenvalue weighted by molar-refractivity contribution is 5.42. The van der Waals surface area contributed by atoms with Gasteiger partial charge in [-0.3, -0.25) is 0 Å². The minimum atomic E-state index is 0.764. The summed E-state index contributed by atoms with van der Waals surface area (Å²) in [7, 11) is 0. The lowest BCUT2D eigenvalue weighted by Crippen LogP contribution is -2.08. The molecule has 3 aliphatic rings. The molecule has 0 aromatic carbocycles. The van der Waals surface area contributed by atoms with Gasteiger partial charge in [-0.1, -0.05) is 6.92 Å². The number of nitrogens with one attached hydrogen (secondary N) is 1. The molecule has 0 aromatic rings. The van der Waals surface area contributed by atoms with Crippen LogP contribution in [-0.2, 0) is 0 Å². The molecule has 1 saturated heterocycles. The lowest BCUT2D eigenvalue weighted by molar-refractivity contribution is 0.582. The van der Waals surface area contributed by atoms with Crippen molar-refractivity contribution < 1.29 is 0 Å². The van der Waals surface area contributed by atoms with Crippen molar-refractivity contribution in [3.05, 3.63) is 0 Å². The molecule has 1 spiro atoms. The normalized spacial score (nSPS) is 81.0. The lowest BCUT2D eigenvalue weighted by atomic mass is 10.0. The second kappa shape index (κ2) is 0.510. The third-order valence-corrected chi connectivity index (χ3v) is 3.27. The van der Waals surface area contributed by atoms with Crippen LogP contribution >= 0.6 is 0 Å². The highest BCUT2D eigenvalue weighted by Crippen LogP contribution is 2.73. The predicted octanol–water partition coefficient (Wildman–Crippen LogP) is 0.367. The molecule has 38 valence electrons. The Hall–Kier alpha value is -0.0400. The van der Waals surface area contributed by atoms with Crippen LogP contribution in [0.2, 0.25) is 0 Å². The van der Waals surface area contributed by atoms with Gasteiger partial charge in [0.15, 0.2) is 0 Å². The van der Waals surface area contributed by atoms with Crippen LogP contribution < -0.4 is 5.32 Å². The van der Waals surface area contributed by atoms with Crippen molar-refractivity contribution in [2.24, 2.45) is 11.8 Å². The minimum absolute atomic E-state index is 0.764. The fourth-order valence-corrected chi connectivity index (χ4v) is 2.50. The molecule has 1 heterocycles. The number of piperidine rings is 1. The molecule has 0 amide bonds. The maximum Gasteiger partial charge on any atom is 0.0399 e. The van der Waals surface area contributed by atoms with Crippen LogP contribution in [0.3, 0.4) is 0 Å². The van der Waals surface area contributed by atoms with E-state index in [-0.39, 0.29) is 0 Å². The van der Waals surface area contributed by atoms with E-state index in [1.807, 2.05) is 0 Å². The monoisotopic (exact) mass is 95.1 g/mol. The Morgan fingerprint density at radius 1 is 1.71 bits per heavy atom. The molecule has 3 rings (SSSR count). The first-order valence-electron chi connectivity index (χ1n) is 3.13. The second-order valence-electron chi connectivity index (χ2n) is 3.26. The van der Waals surface area contributed by atoms with Crippen LogP contribution in [0.25, 0.3) is 0 Å². The van der Waals surface area contributed by atoms with E-state index < -0.39 is 0 Å². The number of hydrogen-bond donors (Lipinski definition) is 1. The minimum Gasteiger partial charge on any atom is -0.305 e. The molecule has 7 heavy (non-hydrogen) atoms. The van der Waals surface area contributed by atoms with E-state index in [1.54, 1.807) is 0 Å². The summed E-state index contributed by atoms with van der Waals surface area (Å²) in [5, 5.41) is 3.51. The molecule has 1 N–H and O–H groups in total. The molecule has 0 bridgehead atoms. The van der Waals surface area contributed by atoms with E-state index in [0.717, 1.165) is 23.4 Å². The average molecular weight is 95.1 g/mol. The second-order valence-corrected chi connectivity index (χ2v) is 3.26. The van der Waals surface area contributed by atoms with E-state index >= 15 is 0 Å². The van der Waals surface area contributed by atoms with Crippen LogP contribution in [-0.4, -0.2) is 11.6 Å². The van der Waals surface area contributed by atoms with Crippen LogP contribution in [0.15, 0.2) is 0 Å². The first-order chi connectivity index (χ1) is 3.36. The van der Waals surface area contributed by atoms with Gasteiger partial charge in [0.1, 0.15) is 0 Å². The SMILES string of the molecule is CC1C2CC3NC312. The first kappa shape index (κ1) is 3.08. The van der Waals surface area contributed by atoms with Crippen molar-refractivity contribution in [1.29, 1.82) is 0 Å². The summed E-state index contributed by atoms with van der Waals surface area (Å²) < 4.78 is 0. The summed E-state index contributed by atoms with van der Waals surface area (Å²) in [6.45, 7) is 2.37. The van der Waals surface area contributed by atoms with Crippen molar-refractivity contribution in [1.82, 2.24) is 5.32 Å². The molecule has 4 unspecified atom stereocenters. The highest BCUT2D eigenvalue weighted by Gasteiger charge is 2.84. The van der Waals surface area contributed by atoms with Crippen molar-refractivity contribution in [3.63, 3.8) is 0 Å². The van der Waals surface area contributed by atoms with E-state index in [2.05, 4.69) is 12.2 Å². The fraction of sp³-hybridized carbons (Fsp3) is 1.00. The quantitative estimate of drug-likeness (QED) is 0.431. The molecule has 3 fully saturated rings. The topological polar surface area (TPSA) is 21.9 Å². The maximum atomic E-state index is 3.51. The summed E-state index contributed by atoms with van der Waals surface area (Å²) in [5.74, 6) is 2.15. The number of hydrogen-bond acceptors (Lipinski definition) is 1. The summed E-state index contributed by atoms with van der Waals surface area (Å²) >= 11 is 0. The lowest BCUT2D eigenvalue weighted by Gasteiger charge is -1.99. The van der Waals surface area contributed by atoms with Crippen molar-refractivity contribution in [2.45, 2.75) is 24.9 Å². The zero-order chi connectivity index (χ0) is 4.65. The van der Waals surface area contributed by atoms with E-state index in [0.29, 0.717) is 0 Å². The fourth-order valence-electron chi connectivity index (χ4n) is 2.50. The van der Waals surface area contributed by atoms with Crippen molar-refractivity contribution >= 4 is 0 Å². The Labute approximate surface area is 43.1 Å². The first-order valence-corrected chi connectivity index (χ1v) is 3.13. The Kier molecular flexibility index (Phi) is 0.224. The van der Waals surface area contributed by atoms with Gasteiger partial charge in [0, 0.05) is 11.6 Å². The Bertz CT molecular complexity index is 135. The molecule has 0 radical (unpaired) electrons. The zero-order valence-corrected chi connectivity index (χ0v) is 4.44. The Balaban J connectivity index is 2.13. The van der Waals surface area contributed by atoms with Gasteiger partial charge in [-0.05, 0) is 18.3 Å². The van der Waals surface area contributed by atoms with Gasteiger partial charge in [0.25, 0.3) is 0 Å². The summed E-state index contributed by atoms with van der Waals surface area (Å²) in [6, 6.07) is 0.979. The standard InChI is InChI=1S/C6H9N/c1-3-4-2-5-6(3,4)7-5/h3-5,7H,2H2,1H3. The van der Waals surface area contributed by atoms with Gasteiger partial charge in [0.05, 0.1) is 0 Å². The molecule has 1 heteroatoms. The van der Waals surface area contributed by atoms with Crippen LogP contribution in [0.1, 0.15) is 13.3 Å². The molecular formula is C6H9N. The molecule has 2 saturated carbocycles. The van der Waals surface area contributed by atoms with Crippen molar-refractivity contribution in [2.75, 3.05) is 0 Å². The van der Waals surface area contributed by atoms with Gasteiger partial charge in [0.2, 0.25) is 0 Å². The van der Waals surface area contributed by atoms with Crippen LogP contribution in [0.5, 0.6) is 0 Å². The predicted molar refractivity (Wildman–Crippen MR) is 26.9 cm³/mol. The van der Waals surface area contributed by atoms with E-state index in [4.69, 9.17) is 0 Å². The zero-order valence-electron chi connectivity index (χ0n) is 4.44. The summed E-state index contributed by atoms with van der Waals surface area (Å²) in [6.07, 6.45) is 1.49. The van der Waals surface area contributed by atoms with Gasteiger partial charge < -0.3 is 5.32 Å². The summed E-state index contributed by atoms with van der Waals surface area (Å²) in [4.78, 5) is 0. The Morgan fingerprint density at radius 3 is 2.57 bits per heavy atom. The molecule has 1 aliphatic heterocycles. The largest absolute Gasteiger partial charge is 0.305 e. The Morgan fingerprint density at radius 2 is 2.57 bits per heavy atom. The molecule has 2 aliphatic carbocycles. The van der Waals surface area contributed by atoms with Crippen LogP contribution in [0.4, 0.5) is 0 Å².